The Morgan fingerprint density at radius 3 is 2.37 bits per heavy atom. The van der Waals surface area contributed by atoms with Gasteiger partial charge in [0.2, 0.25) is 0 Å². The van der Waals surface area contributed by atoms with E-state index in [0.717, 1.165) is 17.0 Å². The van der Waals surface area contributed by atoms with E-state index in [1.165, 1.54) is 22.3 Å². The molecule has 0 N–H and O–H groups in total. The normalized spacial score (nSPS) is 12.5. The molecule has 2 aromatic carbocycles. The van der Waals surface area contributed by atoms with Crippen molar-refractivity contribution in [3.8, 4) is 0 Å². The van der Waals surface area contributed by atoms with Gasteiger partial charge in [0.1, 0.15) is 0 Å². The van der Waals surface area contributed by atoms with Crippen LogP contribution in [0.2, 0.25) is 5.02 Å². The van der Waals surface area contributed by atoms with Crippen molar-refractivity contribution in [3.63, 3.8) is 0 Å². The van der Waals surface area contributed by atoms with Crippen LogP contribution in [0.4, 0.5) is 0 Å². The van der Waals surface area contributed by atoms with Gasteiger partial charge >= 0.3 is 0 Å². The molecule has 0 heterocycles. The van der Waals surface area contributed by atoms with Crippen molar-refractivity contribution in [1.29, 1.82) is 0 Å². The minimum Gasteiger partial charge on any atom is -0.117 e. The predicted molar refractivity (Wildman–Crippen MR) is 84.4 cm³/mol. The van der Waals surface area contributed by atoms with Crippen LogP contribution in [-0.4, -0.2) is 0 Å². The van der Waals surface area contributed by atoms with E-state index < -0.39 is 0 Å². The van der Waals surface area contributed by atoms with E-state index in [1.807, 2.05) is 18.2 Å². The molecule has 2 rings (SSSR count). The molecule has 0 amide bonds. The van der Waals surface area contributed by atoms with Gasteiger partial charge < -0.3 is 0 Å². The molecule has 0 nitrogen and oxygen atoms in total. The molecule has 0 saturated carbocycles. The second kappa shape index (κ2) is 5.98. The molecule has 0 bridgehead atoms. The first-order chi connectivity index (χ1) is 8.97. The van der Waals surface area contributed by atoms with Gasteiger partial charge in [-0.1, -0.05) is 41.4 Å². The van der Waals surface area contributed by atoms with Crippen LogP contribution < -0.4 is 0 Å². The van der Waals surface area contributed by atoms with Crippen LogP contribution in [0.15, 0.2) is 36.4 Å². The molecular formula is C17H18Cl2. The van der Waals surface area contributed by atoms with Gasteiger partial charge in [-0.3, -0.25) is 0 Å². The van der Waals surface area contributed by atoms with Crippen molar-refractivity contribution < 1.29 is 0 Å². The first-order valence-corrected chi connectivity index (χ1v) is 7.25. The minimum absolute atomic E-state index is 0.0424. The topological polar surface area (TPSA) is 0 Å². The molecule has 0 fully saturated rings. The molecule has 1 atom stereocenters. The van der Waals surface area contributed by atoms with Crippen molar-refractivity contribution >= 4 is 23.2 Å². The first kappa shape index (κ1) is 14.4. The van der Waals surface area contributed by atoms with Crippen LogP contribution in [-0.2, 0) is 6.42 Å². The summed E-state index contributed by atoms with van der Waals surface area (Å²) >= 11 is 12.6. The fraction of sp³-hybridized carbons (Fsp3) is 0.294. The van der Waals surface area contributed by atoms with Crippen molar-refractivity contribution in [1.82, 2.24) is 0 Å². The number of halogens is 2. The molecular weight excluding hydrogens is 275 g/mol. The minimum atomic E-state index is -0.0424. The van der Waals surface area contributed by atoms with Crippen molar-refractivity contribution in [3.05, 3.63) is 69.2 Å². The molecule has 0 saturated heterocycles. The standard InChI is InChI=1S/C17H18Cl2/c1-11-4-5-12(2)14(8-11)9-17(19)16-10-15(18)7-6-13(16)3/h4-8,10,17H,9H2,1-3H3. The zero-order chi connectivity index (χ0) is 14.0. The third-order valence-corrected chi connectivity index (χ3v) is 4.11. The molecule has 0 spiro atoms. The highest BCUT2D eigenvalue weighted by Crippen LogP contribution is 2.30. The number of benzene rings is 2. The van der Waals surface area contributed by atoms with E-state index in [2.05, 4.69) is 39.0 Å². The average molecular weight is 293 g/mol. The Balaban J connectivity index is 2.27. The zero-order valence-corrected chi connectivity index (χ0v) is 13.0. The molecule has 1 unspecified atom stereocenters. The Labute approximate surface area is 125 Å². The van der Waals surface area contributed by atoms with Gasteiger partial charge in [0, 0.05) is 5.02 Å². The van der Waals surface area contributed by atoms with E-state index in [1.54, 1.807) is 0 Å². The summed E-state index contributed by atoms with van der Waals surface area (Å²) < 4.78 is 0. The number of aryl methyl sites for hydroxylation is 3. The predicted octanol–water partition coefficient (Wildman–Crippen LogP) is 5.79. The second-order valence-corrected chi connectivity index (χ2v) is 6.07. The summed E-state index contributed by atoms with van der Waals surface area (Å²) in [4.78, 5) is 0. The van der Waals surface area contributed by atoms with Crippen LogP contribution in [0.25, 0.3) is 0 Å². The lowest BCUT2D eigenvalue weighted by Crippen LogP contribution is -2.00. The van der Waals surface area contributed by atoms with E-state index in [9.17, 15) is 0 Å². The highest BCUT2D eigenvalue weighted by Gasteiger charge is 2.13. The largest absolute Gasteiger partial charge is 0.117 e. The van der Waals surface area contributed by atoms with E-state index in [4.69, 9.17) is 23.2 Å². The second-order valence-electron chi connectivity index (χ2n) is 5.10. The first-order valence-electron chi connectivity index (χ1n) is 6.43. The van der Waals surface area contributed by atoms with Crippen LogP contribution in [0, 0.1) is 20.8 Å². The summed E-state index contributed by atoms with van der Waals surface area (Å²) in [5, 5.41) is 0.700. The zero-order valence-electron chi connectivity index (χ0n) is 11.5. The van der Waals surface area contributed by atoms with Crippen molar-refractivity contribution in [2.75, 3.05) is 0 Å². The van der Waals surface area contributed by atoms with Crippen LogP contribution in [0.1, 0.15) is 33.2 Å². The van der Waals surface area contributed by atoms with Gasteiger partial charge in [-0.2, -0.15) is 0 Å². The maximum absolute atomic E-state index is 6.58. The third kappa shape index (κ3) is 3.52. The molecule has 0 aliphatic heterocycles. The van der Waals surface area contributed by atoms with E-state index >= 15 is 0 Å². The fourth-order valence-corrected chi connectivity index (χ4v) is 2.85. The van der Waals surface area contributed by atoms with Gasteiger partial charge in [-0.05, 0) is 61.6 Å². The monoisotopic (exact) mass is 292 g/mol. The van der Waals surface area contributed by atoms with Gasteiger partial charge in [0.15, 0.2) is 0 Å². The van der Waals surface area contributed by atoms with Gasteiger partial charge in [0.05, 0.1) is 5.38 Å². The Kier molecular flexibility index (Phi) is 4.54. The Morgan fingerprint density at radius 2 is 1.63 bits per heavy atom. The van der Waals surface area contributed by atoms with Crippen LogP contribution in [0.5, 0.6) is 0 Å². The molecule has 0 radical (unpaired) electrons. The quantitative estimate of drug-likeness (QED) is 0.628. The summed E-state index contributed by atoms with van der Waals surface area (Å²) in [6.45, 7) is 6.31. The number of hydrogen-bond donors (Lipinski definition) is 0. The molecule has 2 heteroatoms. The highest BCUT2D eigenvalue weighted by molar-refractivity contribution is 6.30. The summed E-state index contributed by atoms with van der Waals surface area (Å²) in [5.41, 5.74) is 6.17. The summed E-state index contributed by atoms with van der Waals surface area (Å²) in [5.74, 6) is 0. The number of alkyl halides is 1. The molecule has 0 aliphatic rings. The maximum atomic E-state index is 6.58. The lowest BCUT2D eigenvalue weighted by molar-refractivity contribution is 0.900. The van der Waals surface area contributed by atoms with Gasteiger partial charge in [-0.15, -0.1) is 11.6 Å². The maximum Gasteiger partial charge on any atom is 0.0628 e. The molecule has 19 heavy (non-hydrogen) atoms. The SMILES string of the molecule is Cc1ccc(C)c(CC(Cl)c2cc(Cl)ccc2C)c1. The average Bonchev–Trinajstić information content (AvgIpc) is 2.36. The molecule has 0 aromatic heterocycles. The fourth-order valence-electron chi connectivity index (χ4n) is 2.27. The van der Waals surface area contributed by atoms with Crippen molar-refractivity contribution in [2.24, 2.45) is 0 Å². The summed E-state index contributed by atoms with van der Waals surface area (Å²) in [7, 11) is 0. The Morgan fingerprint density at radius 1 is 0.947 bits per heavy atom. The molecule has 0 aliphatic carbocycles. The Hall–Kier alpha value is -0.980. The molecule has 100 valence electrons. The van der Waals surface area contributed by atoms with Gasteiger partial charge in [0.25, 0.3) is 0 Å². The lowest BCUT2D eigenvalue weighted by Gasteiger charge is -2.15. The van der Waals surface area contributed by atoms with E-state index in [-0.39, 0.29) is 5.38 Å². The molecule has 2 aromatic rings. The summed E-state index contributed by atoms with van der Waals surface area (Å²) in [6.07, 6.45) is 0.830. The summed E-state index contributed by atoms with van der Waals surface area (Å²) in [6, 6.07) is 12.4. The number of rotatable bonds is 3. The van der Waals surface area contributed by atoms with Gasteiger partial charge in [-0.25, -0.2) is 0 Å². The van der Waals surface area contributed by atoms with Crippen LogP contribution in [0.3, 0.4) is 0 Å². The lowest BCUT2D eigenvalue weighted by atomic mass is 9.96. The van der Waals surface area contributed by atoms with Crippen molar-refractivity contribution in [2.45, 2.75) is 32.6 Å². The third-order valence-electron chi connectivity index (χ3n) is 3.48. The Bertz CT molecular complexity index is 588. The number of hydrogen-bond acceptors (Lipinski definition) is 0. The van der Waals surface area contributed by atoms with E-state index in [0.29, 0.717) is 0 Å². The smallest absolute Gasteiger partial charge is 0.0628 e. The highest BCUT2D eigenvalue weighted by atomic mass is 35.5. The van der Waals surface area contributed by atoms with Crippen LogP contribution >= 0.6 is 23.2 Å².